The summed E-state index contributed by atoms with van der Waals surface area (Å²) < 4.78 is 8.74. The van der Waals surface area contributed by atoms with Gasteiger partial charge in [-0.25, -0.2) is 0 Å². The molecule has 0 bridgehead atoms. The van der Waals surface area contributed by atoms with Crippen LogP contribution in [0.2, 0.25) is 5.02 Å². The summed E-state index contributed by atoms with van der Waals surface area (Å²) in [5.74, 6) is -0.980. The van der Waals surface area contributed by atoms with Gasteiger partial charge in [-0.2, -0.15) is 4.37 Å². The average Bonchev–Trinajstić information content (AvgIpc) is 3.15. The number of esters is 1. The van der Waals surface area contributed by atoms with E-state index in [0.29, 0.717) is 11.4 Å². The normalized spacial score (nSPS) is 11.7. The molecular weight excluding hydrogens is 424 g/mol. The standard InChI is InChI=1S/C22H21ClN2O4S/c1-2-29-21(27)12-18(24-22(28)19-13-20(26)25-30-19)10-14-6-8-15(9-7-14)16-4-3-5-17(23)11-16/h3-9,11,13,18H,2,10,12H2,1H3,(H,24,28)(H,25,26)/t18-/m1/s1. The third kappa shape index (κ3) is 6.05. The quantitative estimate of drug-likeness (QED) is 0.500. The fraction of sp³-hybridized carbons (Fsp3) is 0.227. The molecule has 1 amide bonds. The number of ether oxygens (including phenoxy) is 1. The summed E-state index contributed by atoms with van der Waals surface area (Å²) in [6.45, 7) is 2.01. The van der Waals surface area contributed by atoms with Crippen LogP contribution in [-0.4, -0.2) is 34.0 Å². The zero-order valence-electron chi connectivity index (χ0n) is 16.3. The minimum atomic E-state index is -0.460. The van der Waals surface area contributed by atoms with Gasteiger partial charge >= 0.3 is 5.97 Å². The molecule has 30 heavy (non-hydrogen) atoms. The molecule has 1 atom stereocenters. The fourth-order valence-electron chi connectivity index (χ4n) is 3.01. The highest BCUT2D eigenvalue weighted by Crippen LogP contribution is 2.23. The molecule has 0 fully saturated rings. The molecule has 2 aromatic carbocycles. The number of hydrogen-bond donors (Lipinski definition) is 2. The first-order valence-electron chi connectivity index (χ1n) is 9.41. The number of carbonyl (C=O) groups excluding carboxylic acids is 2. The molecule has 0 aliphatic carbocycles. The van der Waals surface area contributed by atoms with Gasteiger partial charge in [-0.15, -0.1) is 0 Å². The highest BCUT2D eigenvalue weighted by atomic mass is 35.5. The van der Waals surface area contributed by atoms with Crippen LogP contribution in [0.15, 0.2) is 54.6 Å². The summed E-state index contributed by atoms with van der Waals surface area (Å²) >= 11 is 6.96. The number of nitrogens with one attached hydrogen (secondary N) is 1. The third-order valence-electron chi connectivity index (χ3n) is 4.37. The Morgan fingerprint density at radius 1 is 1.17 bits per heavy atom. The number of carbonyl (C=O) groups is 2. The van der Waals surface area contributed by atoms with Crippen LogP contribution >= 0.6 is 23.1 Å². The Bertz CT molecular complexity index is 1020. The van der Waals surface area contributed by atoms with Crippen LogP contribution in [-0.2, 0) is 16.0 Å². The van der Waals surface area contributed by atoms with E-state index in [2.05, 4.69) is 9.69 Å². The van der Waals surface area contributed by atoms with Crippen LogP contribution in [0.1, 0.15) is 28.6 Å². The van der Waals surface area contributed by atoms with Crippen molar-refractivity contribution in [2.75, 3.05) is 6.61 Å². The summed E-state index contributed by atoms with van der Waals surface area (Å²) in [6.07, 6.45) is 0.492. The van der Waals surface area contributed by atoms with E-state index in [9.17, 15) is 14.7 Å². The lowest BCUT2D eigenvalue weighted by Gasteiger charge is -2.18. The van der Waals surface area contributed by atoms with Gasteiger partial charge in [-0.1, -0.05) is 48.0 Å². The summed E-state index contributed by atoms with van der Waals surface area (Å²) in [7, 11) is 0. The van der Waals surface area contributed by atoms with Crippen LogP contribution < -0.4 is 5.32 Å². The van der Waals surface area contributed by atoms with Crippen molar-refractivity contribution >= 4 is 35.0 Å². The SMILES string of the molecule is CCOC(=O)C[C@@H](Cc1ccc(-c2cccc(Cl)c2)cc1)NC(=O)c1cc(O)ns1. The van der Waals surface area contributed by atoms with E-state index in [0.717, 1.165) is 28.2 Å². The molecule has 0 radical (unpaired) electrons. The second kappa shape index (κ2) is 10.2. The van der Waals surface area contributed by atoms with E-state index in [1.54, 1.807) is 6.92 Å². The number of amides is 1. The van der Waals surface area contributed by atoms with E-state index < -0.39 is 11.9 Å². The van der Waals surface area contributed by atoms with E-state index in [4.69, 9.17) is 16.3 Å². The fourth-order valence-corrected chi connectivity index (χ4v) is 3.75. The Hall–Kier alpha value is -2.90. The number of rotatable bonds is 8. The highest BCUT2D eigenvalue weighted by molar-refractivity contribution is 7.08. The van der Waals surface area contributed by atoms with Gasteiger partial charge in [0.05, 0.1) is 13.0 Å². The van der Waals surface area contributed by atoms with Crippen LogP contribution in [0.4, 0.5) is 0 Å². The molecule has 6 nitrogen and oxygen atoms in total. The summed E-state index contributed by atoms with van der Waals surface area (Å²) in [5, 5.41) is 12.9. The Morgan fingerprint density at radius 2 is 1.93 bits per heavy atom. The van der Waals surface area contributed by atoms with Crippen LogP contribution in [0, 0.1) is 0 Å². The number of halogens is 1. The van der Waals surface area contributed by atoms with Gasteiger partial charge in [0, 0.05) is 17.1 Å². The maximum absolute atomic E-state index is 12.5. The molecule has 0 spiro atoms. The maximum Gasteiger partial charge on any atom is 0.307 e. The molecule has 0 aliphatic heterocycles. The van der Waals surface area contributed by atoms with Crippen molar-refractivity contribution in [2.24, 2.45) is 0 Å². The van der Waals surface area contributed by atoms with Crippen molar-refractivity contribution in [2.45, 2.75) is 25.8 Å². The topological polar surface area (TPSA) is 88.5 Å². The molecule has 0 saturated heterocycles. The van der Waals surface area contributed by atoms with Gasteiger partial charge in [-0.3, -0.25) is 9.59 Å². The lowest BCUT2D eigenvalue weighted by atomic mass is 9.99. The monoisotopic (exact) mass is 444 g/mol. The van der Waals surface area contributed by atoms with Gasteiger partial charge in [0.2, 0.25) is 5.88 Å². The summed E-state index contributed by atoms with van der Waals surface area (Å²) in [6, 6.07) is 16.3. The van der Waals surface area contributed by atoms with Crippen molar-refractivity contribution in [3.05, 3.63) is 70.1 Å². The van der Waals surface area contributed by atoms with Gasteiger partial charge in [0.1, 0.15) is 4.88 Å². The largest absolute Gasteiger partial charge is 0.493 e. The second-order valence-corrected chi connectivity index (χ2v) is 7.88. The molecule has 0 unspecified atom stereocenters. The number of nitrogens with zero attached hydrogens (tertiary/aromatic N) is 1. The Balaban J connectivity index is 1.73. The maximum atomic E-state index is 12.5. The Labute approximate surface area is 183 Å². The minimum absolute atomic E-state index is 0.0421. The predicted octanol–water partition coefficient (Wildman–Crippen LogP) is 4.46. The summed E-state index contributed by atoms with van der Waals surface area (Å²) in [5.41, 5.74) is 2.99. The number of benzene rings is 2. The Morgan fingerprint density at radius 3 is 2.57 bits per heavy atom. The number of hydrogen-bond acceptors (Lipinski definition) is 6. The van der Waals surface area contributed by atoms with Crippen LogP contribution in [0.3, 0.4) is 0 Å². The van der Waals surface area contributed by atoms with Gasteiger partial charge in [-0.05, 0) is 53.7 Å². The minimum Gasteiger partial charge on any atom is -0.493 e. The van der Waals surface area contributed by atoms with Crippen molar-refractivity contribution in [3.8, 4) is 17.0 Å². The molecule has 2 N–H and O–H groups in total. The molecule has 156 valence electrons. The van der Waals surface area contributed by atoms with Gasteiger partial charge in [0.25, 0.3) is 5.91 Å². The molecule has 3 rings (SSSR count). The number of aromatic hydroxyl groups is 1. The predicted molar refractivity (Wildman–Crippen MR) is 117 cm³/mol. The van der Waals surface area contributed by atoms with Crippen molar-refractivity contribution < 1.29 is 19.4 Å². The van der Waals surface area contributed by atoms with Gasteiger partial charge in [0.15, 0.2) is 0 Å². The Kier molecular flexibility index (Phi) is 7.43. The van der Waals surface area contributed by atoms with E-state index in [-0.39, 0.29) is 29.8 Å². The first kappa shape index (κ1) is 21.8. The van der Waals surface area contributed by atoms with Crippen molar-refractivity contribution in [1.29, 1.82) is 0 Å². The van der Waals surface area contributed by atoms with Crippen molar-refractivity contribution in [3.63, 3.8) is 0 Å². The average molecular weight is 445 g/mol. The molecule has 8 heteroatoms. The summed E-state index contributed by atoms with van der Waals surface area (Å²) in [4.78, 5) is 24.7. The second-order valence-electron chi connectivity index (χ2n) is 6.64. The zero-order chi connectivity index (χ0) is 21.5. The van der Waals surface area contributed by atoms with Crippen LogP contribution in [0.25, 0.3) is 11.1 Å². The van der Waals surface area contributed by atoms with E-state index in [1.165, 1.54) is 6.07 Å². The van der Waals surface area contributed by atoms with Crippen LogP contribution in [0.5, 0.6) is 5.88 Å². The van der Waals surface area contributed by atoms with Gasteiger partial charge < -0.3 is 15.2 Å². The molecule has 0 aliphatic rings. The number of aromatic nitrogens is 1. The smallest absolute Gasteiger partial charge is 0.307 e. The molecule has 1 heterocycles. The third-order valence-corrected chi connectivity index (χ3v) is 5.38. The lowest BCUT2D eigenvalue weighted by Crippen LogP contribution is -2.38. The first-order chi connectivity index (χ1) is 14.4. The molecule has 3 aromatic rings. The molecule has 0 saturated carbocycles. The zero-order valence-corrected chi connectivity index (χ0v) is 17.9. The molecule has 1 aromatic heterocycles. The van der Waals surface area contributed by atoms with Crippen molar-refractivity contribution in [1.82, 2.24) is 9.69 Å². The first-order valence-corrected chi connectivity index (χ1v) is 10.6. The lowest BCUT2D eigenvalue weighted by molar-refractivity contribution is -0.143. The highest BCUT2D eigenvalue weighted by Gasteiger charge is 2.20. The molecular formula is C22H21ClN2O4S. The van der Waals surface area contributed by atoms with E-state index in [1.807, 2.05) is 48.5 Å². The van der Waals surface area contributed by atoms with E-state index >= 15 is 0 Å².